The highest BCUT2D eigenvalue weighted by Crippen LogP contribution is 2.30. The lowest BCUT2D eigenvalue weighted by Crippen LogP contribution is -2.34. The van der Waals surface area contributed by atoms with Crippen molar-refractivity contribution >= 4 is 38.6 Å². The molecular formula is C11H16N2O2S3. The standard InChI is InChI=1S/C11H16N2O2S3/c1-13(8-4-2-3-5-8)18(14,15)10-7-6-9(17-10)11(12)16/h6-8H,2-5H2,1H3,(H2,12,16). The van der Waals surface area contributed by atoms with Gasteiger partial charge >= 0.3 is 0 Å². The first-order valence-corrected chi connectivity index (χ1v) is 8.47. The number of thiophene rings is 1. The van der Waals surface area contributed by atoms with E-state index in [1.54, 1.807) is 19.2 Å². The van der Waals surface area contributed by atoms with Crippen LogP contribution in [0.1, 0.15) is 30.6 Å². The van der Waals surface area contributed by atoms with Crippen molar-refractivity contribution < 1.29 is 8.42 Å². The van der Waals surface area contributed by atoms with Gasteiger partial charge in [-0.3, -0.25) is 0 Å². The van der Waals surface area contributed by atoms with Gasteiger partial charge in [0.05, 0.1) is 4.88 Å². The van der Waals surface area contributed by atoms with E-state index in [4.69, 9.17) is 18.0 Å². The second kappa shape index (κ2) is 5.24. The number of hydrogen-bond acceptors (Lipinski definition) is 4. The fourth-order valence-electron chi connectivity index (χ4n) is 2.20. The van der Waals surface area contributed by atoms with Crippen LogP contribution in [0.3, 0.4) is 0 Å². The number of thiocarbonyl (C=S) groups is 1. The van der Waals surface area contributed by atoms with Crippen LogP contribution in [0.2, 0.25) is 0 Å². The summed E-state index contributed by atoms with van der Waals surface area (Å²) in [6.45, 7) is 0. The SMILES string of the molecule is CN(C1CCCC1)S(=O)(=O)c1ccc(C(N)=S)s1. The van der Waals surface area contributed by atoms with E-state index >= 15 is 0 Å². The van der Waals surface area contributed by atoms with Crippen LogP contribution in [0.5, 0.6) is 0 Å². The number of hydrogen-bond donors (Lipinski definition) is 1. The fourth-order valence-corrected chi connectivity index (χ4v) is 5.15. The van der Waals surface area contributed by atoms with E-state index in [9.17, 15) is 8.42 Å². The van der Waals surface area contributed by atoms with Gasteiger partial charge in [-0.15, -0.1) is 11.3 Å². The largest absolute Gasteiger partial charge is 0.389 e. The summed E-state index contributed by atoms with van der Waals surface area (Å²) >= 11 is 5.99. The van der Waals surface area contributed by atoms with E-state index in [0.717, 1.165) is 37.0 Å². The average Bonchev–Trinajstić information content (AvgIpc) is 2.99. The predicted octanol–water partition coefficient (Wildman–Crippen LogP) is 1.95. The third kappa shape index (κ3) is 2.59. The molecule has 2 N–H and O–H groups in total. The Labute approximate surface area is 117 Å². The molecule has 0 bridgehead atoms. The van der Waals surface area contributed by atoms with E-state index in [0.29, 0.717) is 9.09 Å². The van der Waals surface area contributed by atoms with Crippen molar-refractivity contribution in [1.29, 1.82) is 0 Å². The monoisotopic (exact) mass is 304 g/mol. The van der Waals surface area contributed by atoms with Crippen molar-refractivity contribution in [3.05, 3.63) is 17.0 Å². The van der Waals surface area contributed by atoms with Crippen LogP contribution in [0.15, 0.2) is 16.3 Å². The first-order valence-electron chi connectivity index (χ1n) is 5.80. The summed E-state index contributed by atoms with van der Waals surface area (Å²) in [4.78, 5) is 0.883. The Morgan fingerprint density at radius 2 is 2.06 bits per heavy atom. The van der Waals surface area contributed by atoms with Crippen LogP contribution in [0, 0.1) is 0 Å². The second-order valence-electron chi connectivity index (χ2n) is 4.44. The molecule has 1 saturated carbocycles. The number of rotatable bonds is 4. The summed E-state index contributed by atoms with van der Waals surface area (Å²) in [5.41, 5.74) is 5.50. The molecule has 1 heterocycles. The van der Waals surface area contributed by atoms with Crippen LogP contribution in [0.25, 0.3) is 0 Å². The molecule has 0 radical (unpaired) electrons. The maximum atomic E-state index is 12.4. The van der Waals surface area contributed by atoms with Gasteiger partial charge in [-0.05, 0) is 25.0 Å². The maximum Gasteiger partial charge on any atom is 0.252 e. The van der Waals surface area contributed by atoms with Crippen molar-refractivity contribution in [3.63, 3.8) is 0 Å². The summed E-state index contributed by atoms with van der Waals surface area (Å²) in [6, 6.07) is 3.38. The quantitative estimate of drug-likeness (QED) is 0.864. The minimum atomic E-state index is -3.40. The summed E-state index contributed by atoms with van der Waals surface area (Å²) in [6.07, 6.45) is 4.10. The van der Waals surface area contributed by atoms with E-state index in [1.807, 2.05) is 0 Å². The molecule has 1 aromatic rings. The number of sulfonamides is 1. The Kier molecular flexibility index (Phi) is 4.05. The molecule has 0 unspecified atom stereocenters. The van der Waals surface area contributed by atoms with Gasteiger partial charge in [0.25, 0.3) is 10.0 Å². The molecular weight excluding hydrogens is 288 g/mol. The first-order chi connectivity index (χ1) is 8.43. The predicted molar refractivity (Wildman–Crippen MR) is 77.4 cm³/mol. The summed E-state index contributed by atoms with van der Waals surface area (Å²) < 4.78 is 26.6. The van der Waals surface area contributed by atoms with Crippen LogP contribution >= 0.6 is 23.6 Å². The molecule has 0 aromatic carbocycles. The van der Waals surface area contributed by atoms with Crippen molar-refractivity contribution in [2.24, 2.45) is 5.73 Å². The lowest BCUT2D eigenvalue weighted by atomic mass is 10.3. The second-order valence-corrected chi connectivity index (χ2v) is 8.19. The Morgan fingerprint density at radius 1 is 1.44 bits per heavy atom. The first kappa shape index (κ1) is 13.9. The number of nitrogens with two attached hydrogens (primary N) is 1. The Morgan fingerprint density at radius 3 is 2.56 bits per heavy atom. The smallest absolute Gasteiger partial charge is 0.252 e. The van der Waals surface area contributed by atoms with Crippen LogP contribution in [-0.4, -0.2) is 30.8 Å². The minimum absolute atomic E-state index is 0.130. The van der Waals surface area contributed by atoms with Gasteiger partial charge in [0.2, 0.25) is 0 Å². The van der Waals surface area contributed by atoms with Crippen molar-refractivity contribution in [2.75, 3.05) is 7.05 Å². The summed E-state index contributed by atoms with van der Waals surface area (Å²) in [7, 11) is -1.74. The van der Waals surface area contributed by atoms with Gasteiger partial charge in [0.1, 0.15) is 9.20 Å². The zero-order valence-corrected chi connectivity index (χ0v) is 12.6. The van der Waals surface area contributed by atoms with Gasteiger partial charge in [0, 0.05) is 13.1 Å². The molecule has 100 valence electrons. The molecule has 1 fully saturated rings. The molecule has 4 nitrogen and oxygen atoms in total. The van der Waals surface area contributed by atoms with Crippen LogP contribution < -0.4 is 5.73 Å². The van der Waals surface area contributed by atoms with E-state index in [-0.39, 0.29) is 11.0 Å². The topological polar surface area (TPSA) is 63.4 Å². The molecule has 18 heavy (non-hydrogen) atoms. The molecule has 0 atom stereocenters. The van der Waals surface area contributed by atoms with Gasteiger partial charge in [0.15, 0.2) is 0 Å². The van der Waals surface area contributed by atoms with Crippen molar-refractivity contribution in [2.45, 2.75) is 35.9 Å². The Balaban J connectivity index is 2.26. The number of nitrogens with zero attached hydrogens (tertiary/aromatic N) is 1. The Bertz CT molecular complexity index is 544. The van der Waals surface area contributed by atoms with E-state index in [2.05, 4.69) is 0 Å². The van der Waals surface area contributed by atoms with Gasteiger partial charge in [-0.1, -0.05) is 25.1 Å². The fraction of sp³-hybridized carbons (Fsp3) is 0.545. The highest BCUT2D eigenvalue weighted by atomic mass is 32.2. The highest BCUT2D eigenvalue weighted by molar-refractivity contribution is 7.91. The molecule has 7 heteroatoms. The normalized spacial score (nSPS) is 17.4. The lowest BCUT2D eigenvalue weighted by molar-refractivity contribution is 0.374. The third-order valence-electron chi connectivity index (χ3n) is 3.30. The zero-order chi connectivity index (χ0) is 13.3. The molecule has 1 aromatic heterocycles. The molecule has 2 rings (SSSR count). The molecule has 1 aliphatic carbocycles. The molecule has 0 spiro atoms. The maximum absolute atomic E-state index is 12.4. The van der Waals surface area contributed by atoms with E-state index < -0.39 is 10.0 Å². The van der Waals surface area contributed by atoms with Crippen LogP contribution in [0.4, 0.5) is 0 Å². The molecule has 0 aliphatic heterocycles. The zero-order valence-electron chi connectivity index (χ0n) is 10.1. The molecule has 0 saturated heterocycles. The van der Waals surface area contributed by atoms with Gasteiger partial charge in [-0.2, -0.15) is 4.31 Å². The molecule has 0 amide bonds. The van der Waals surface area contributed by atoms with Crippen LogP contribution in [-0.2, 0) is 10.0 Å². The van der Waals surface area contributed by atoms with Gasteiger partial charge < -0.3 is 5.73 Å². The third-order valence-corrected chi connectivity index (χ3v) is 7.14. The highest BCUT2D eigenvalue weighted by Gasteiger charge is 2.31. The summed E-state index contributed by atoms with van der Waals surface area (Å²) in [5, 5.41) is 0. The average molecular weight is 304 g/mol. The minimum Gasteiger partial charge on any atom is -0.389 e. The van der Waals surface area contributed by atoms with Gasteiger partial charge in [-0.25, -0.2) is 8.42 Å². The Hall–Kier alpha value is -0.500. The van der Waals surface area contributed by atoms with E-state index in [1.165, 1.54) is 4.31 Å². The van der Waals surface area contributed by atoms with Crippen molar-refractivity contribution in [1.82, 2.24) is 4.31 Å². The summed E-state index contributed by atoms with van der Waals surface area (Å²) in [5.74, 6) is 0. The molecule has 1 aliphatic rings. The van der Waals surface area contributed by atoms with Crippen molar-refractivity contribution in [3.8, 4) is 0 Å². The lowest BCUT2D eigenvalue weighted by Gasteiger charge is -2.22.